The summed E-state index contributed by atoms with van der Waals surface area (Å²) in [6.45, 7) is 0. The van der Waals surface area contributed by atoms with Crippen molar-refractivity contribution < 1.29 is 7.86 Å². The first-order valence-electron chi connectivity index (χ1n) is 18.6. The first-order valence-corrected chi connectivity index (χ1v) is 19.5. The first-order chi connectivity index (χ1) is 21.7. The van der Waals surface area contributed by atoms with Crippen LogP contribution in [0.4, 0.5) is 0 Å². The van der Waals surface area contributed by atoms with Gasteiger partial charge in [0.05, 0.1) is 55.2 Å². The van der Waals surface area contributed by atoms with Crippen LogP contribution in [0.2, 0.25) is 0 Å². The predicted molar refractivity (Wildman–Crippen MR) is 186 cm³/mol. The van der Waals surface area contributed by atoms with Crippen LogP contribution in [-0.2, 0) is 7.86 Å². The van der Waals surface area contributed by atoms with E-state index in [9.17, 15) is 4.79 Å². The third-order valence-electron chi connectivity index (χ3n) is 14.3. The van der Waals surface area contributed by atoms with Crippen LogP contribution >= 0.6 is 23.0 Å². The molecular formula is C33H58GaIN8O2. The molecule has 4 aliphatic carbocycles. The van der Waals surface area contributed by atoms with Crippen LogP contribution in [0.5, 0.6) is 0 Å². The Labute approximate surface area is 296 Å². The quantitative estimate of drug-likeness (QED) is 0.147. The van der Waals surface area contributed by atoms with Crippen molar-refractivity contribution in [3.05, 3.63) is 0 Å². The molecule has 12 heteroatoms. The average Bonchev–Trinajstić information content (AvgIpc) is 3.80. The summed E-state index contributed by atoms with van der Waals surface area (Å²) in [7, 11) is 0. The molecule has 4 saturated carbocycles. The van der Waals surface area contributed by atoms with E-state index in [1.165, 1.54) is 77.0 Å². The van der Waals surface area contributed by atoms with E-state index in [-0.39, 0.29) is 62.3 Å². The van der Waals surface area contributed by atoms with Crippen molar-refractivity contribution in [3.63, 3.8) is 0 Å². The van der Waals surface area contributed by atoms with Crippen LogP contribution in [0.25, 0.3) is 0 Å². The maximum atomic E-state index is 13.2. The van der Waals surface area contributed by atoms with Gasteiger partial charge in [-0.25, -0.2) is 0 Å². The first kappa shape index (κ1) is 32.7. The normalized spacial score (nSPS) is 53.8. The van der Waals surface area contributed by atoms with Crippen molar-refractivity contribution in [2.24, 2.45) is 53.3 Å². The molecule has 252 valence electrons. The number of fused-ring (bicyclic) bond motifs is 20. The zero-order chi connectivity index (χ0) is 29.4. The number of carbonyl (C=O) groups excluding carboxylic acids is 1. The van der Waals surface area contributed by atoms with Gasteiger partial charge in [-0.3, -0.25) is 47.3 Å². The SMILES string of the molecule is O=C(OI)C1CCCC2C3NC4NC(NC5NC(NC6NC(NC(N3)C12)C1CCCCC61)C1CCCCC51)C1CCCCC41.[GaH3]. The number of carbonyl (C=O) groups is 1. The number of rotatable bonds is 1. The summed E-state index contributed by atoms with van der Waals surface area (Å²) >= 11 is 1.81. The van der Waals surface area contributed by atoms with Gasteiger partial charge in [-0.1, -0.05) is 44.9 Å². The summed E-state index contributed by atoms with van der Waals surface area (Å²) in [6.07, 6.45) is 21.2. The van der Waals surface area contributed by atoms with Crippen molar-refractivity contribution in [3.8, 4) is 0 Å². The molecule has 9 rings (SSSR count). The molecule has 8 N–H and O–H groups in total. The number of halogens is 1. The van der Waals surface area contributed by atoms with Crippen LogP contribution in [0, 0.1) is 53.3 Å². The van der Waals surface area contributed by atoms with Gasteiger partial charge >= 0.3 is 25.8 Å². The molecular weight excluding hydrogens is 737 g/mol. The second-order valence-electron chi connectivity index (χ2n) is 16.2. The summed E-state index contributed by atoms with van der Waals surface area (Å²) < 4.78 is 5.40. The van der Waals surface area contributed by atoms with Crippen LogP contribution in [0.3, 0.4) is 0 Å². The minimum absolute atomic E-state index is 0. The number of hydrogen-bond donors (Lipinski definition) is 8. The van der Waals surface area contributed by atoms with Crippen molar-refractivity contribution >= 4 is 48.8 Å². The fourth-order valence-electron chi connectivity index (χ4n) is 12.4. The van der Waals surface area contributed by atoms with Crippen molar-refractivity contribution in [1.82, 2.24) is 42.5 Å². The zero-order valence-corrected chi connectivity index (χ0v) is 28.3. The fourth-order valence-corrected chi connectivity index (χ4v) is 12.7. The molecule has 5 heterocycles. The zero-order valence-electron chi connectivity index (χ0n) is 26.1. The monoisotopic (exact) mass is 794 g/mol. The van der Waals surface area contributed by atoms with E-state index >= 15 is 0 Å². The number of hydrogen-bond acceptors (Lipinski definition) is 10. The molecule has 9 aliphatic rings. The summed E-state index contributed by atoms with van der Waals surface area (Å²) in [5.41, 5.74) is 0. The molecule has 0 aromatic carbocycles. The van der Waals surface area contributed by atoms with Crippen molar-refractivity contribution in [1.29, 1.82) is 0 Å². The molecule has 0 radical (unpaired) electrons. The second-order valence-corrected chi connectivity index (χ2v) is 16.6. The van der Waals surface area contributed by atoms with Crippen molar-refractivity contribution in [2.75, 3.05) is 0 Å². The van der Waals surface area contributed by atoms with Crippen LogP contribution < -0.4 is 42.5 Å². The molecule has 5 aliphatic heterocycles. The maximum absolute atomic E-state index is 13.2. The molecule has 8 bridgehead atoms. The Morgan fingerprint density at radius 1 is 0.422 bits per heavy atom. The molecule has 5 saturated heterocycles. The molecule has 17 atom stereocenters. The minimum atomic E-state index is -0.0569. The van der Waals surface area contributed by atoms with Gasteiger partial charge < -0.3 is 3.07 Å². The standard InChI is InChI=1S/C33H55IN8O2.Ga.3H/c34-44-33(43)23-15-7-14-22-24(23)32-41-30-21-13-6-5-12-20(21)28(39-30)37-26-17-9-2-1-8-16(17)25(35-26)36-27-18-10-3-4-11-19(18)29(38-27)40-31(22)42-32;;;;/h16-32,35-42H,1-15H2;;;;. The van der Waals surface area contributed by atoms with E-state index < -0.39 is 0 Å². The van der Waals surface area contributed by atoms with Crippen molar-refractivity contribution in [2.45, 2.75) is 146 Å². The Morgan fingerprint density at radius 3 is 1.04 bits per heavy atom. The van der Waals surface area contributed by atoms with Crippen LogP contribution in [0.1, 0.15) is 96.3 Å². The summed E-state index contributed by atoms with van der Waals surface area (Å²) in [6, 6.07) is 0. The topological polar surface area (TPSA) is 123 Å². The summed E-state index contributed by atoms with van der Waals surface area (Å²) in [5, 5.41) is 33.3. The van der Waals surface area contributed by atoms with E-state index in [4.69, 9.17) is 3.07 Å². The van der Waals surface area contributed by atoms with Gasteiger partial charge in [-0.05, 0) is 92.8 Å². The van der Waals surface area contributed by atoms with Gasteiger partial charge in [0.2, 0.25) is 0 Å². The van der Waals surface area contributed by atoms with Crippen LogP contribution in [-0.4, -0.2) is 75.1 Å². The molecule has 0 aromatic rings. The average molecular weight is 796 g/mol. The van der Waals surface area contributed by atoms with Gasteiger partial charge in [0.1, 0.15) is 0 Å². The van der Waals surface area contributed by atoms with E-state index in [2.05, 4.69) is 42.5 Å². The van der Waals surface area contributed by atoms with Gasteiger partial charge in [-0.15, -0.1) is 0 Å². The Kier molecular flexibility index (Phi) is 9.94. The van der Waals surface area contributed by atoms with Gasteiger partial charge in [0, 0.05) is 5.92 Å². The van der Waals surface area contributed by atoms with E-state index in [1.807, 2.05) is 23.0 Å². The number of nitrogens with one attached hydrogen (secondary N) is 8. The Morgan fingerprint density at radius 2 is 0.711 bits per heavy atom. The Balaban J connectivity index is 0.00000300. The third-order valence-corrected chi connectivity index (χ3v) is 14.7. The summed E-state index contributed by atoms with van der Waals surface area (Å²) in [5.74, 6) is 4.48. The van der Waals surface area contributed by atoms with Gasteiger partial charge in [0.25, 0.3) is 0 Å². The van der Waals surface area contributed by atoms with Gasteiger partial charge in [0.15, 0.2) is 23.0 Å². The molecule has 17 unspecified atom stereocenters. The molecule has 9 fully saturated rings. The summed E-state index contributed by atoms with van der Waals surface area (Å²) in [4.78, 5) is 13.2. The molecule has 0 spiro atoms. The molecule has 0 aromatic heterocycles. The fraction of sp³-hybridized carbons (Fsp3) is 0.970. The van der Waals surface area contributed by atoms with Crippen LogP contribution in [0.15, 0.2) is 0 Å². The second kappa shape index (κ2) is 13.7. The Bertz CT molecular complexity index is 1080. The van der Waals surface area contributed by atoms with E-state index in [1.54, 1.807) is 0 Å². The van der Waals surface area contributed by atoms with E-state index in [0.29, 0.717) is 66.1 Å². The molecule has 45 heavy (non-hydrogen) atoms. The predicted octanol–water partition coefficient (Wildman–Crippen LogP) is 1.54. The Hall–Kier alpha value is 0.516. The third kappa shape index (κ3) is 5.83. The molecule has 10 nitrogen and oxygen atoms in total. The molecule has 0 amide bonds. The van der Waals surface area contributed by atoms with E-state index in [0.717, 1.165) is 19.3 Å². The van der Waals surface area contributed by atoms with Gasteiger partial charge in [-0.2, -0.15) is 0 Å².